The van der Waals surface area contributed by atoms with Crippen LogP contribution < -0.4 is 4.74 Å². The van der Waals surface area contributed by atoms with Crippen LogP contribution in [0.5, 0.6) is 11.5 Å². The zero-order valence-corrected chi connectivity index (χ0v) is 17.1. The second-order valence-electron chi connectivity index (χ2n) is 6.30. The number of rotatable bonds is 9. The molecule has 1 N–H and O–H groups in total. The fraction of sp³-hybridized carbons (Fsp3) is 0.300. The predicted molar refractivity (Wildman–Crippen MR) is 103 cm³/mol. The molecule has 0 radical (unpaired) electrons. The van der Waals surface area contributed by atoms with Gasteiger partial charge in [0.15, 0.2) is 11.9 Å². The minimum Gasteiger partial charge on any atom is -0.507 e. The average Bonchev–Trinajstić information content (AvgIpc) is 2.63. The van der Waals surface area contributed by atoms with Crippen LogP contribution in [0.4, 0.5) is 0 Å². The first-order chi connectivity index (χ1) is 13.6. The highest BCUT2D eigenvalue weighted by Crippen LogP contribution is 2.28. The molecule has 2 aromatic carbocycles. The van der Waals surface area contributed by atoms with Crippen LogP contribution in [0.1, 0.15) is 29.8 Å². The van der Waals surface area contributed by atoms with E-state index in [-0.39, 0.29) is 28.6 Å². The van der Waals surface area contributed by atoms with Gasteiger partial charge in [0.05, 0.1) is 4.90 Å². The zero-order valence-electron chi connectivity index (χ0n) is 16.2. The first kappa shape index (κ1) is 22.4. The summed E-state index contributed by atoms with van der Waals surface area (Å²) in [5.74, 6) is -1.24. The van der Waals surface area contributed by atoms with Gasteiger partial charge in [0.25, 0.3) is 10.1 Å². The van der Waals surface area contributed by atoms with E-state index >= 15 is 0 Å². The van der Waals surface area contributed by atoms with Crippen LogP contribution in [0.15, 0.2) is 47.4 Å². The second kappa shape index (κ2) is 9.53. The predicted octanol–water partition coefficient (Wildman–Crippen LogP) is 2.62. The SMILES string of the molecule is CC(=O)OC(COc1cccc(O)c1C(C)=O)COS(=O)(=O)c1ccc(C)cc1. The molecule has 0 aliphatic rings. The molecule has 0 saturated heterocycles. The highest BCUT2D eigenvalue weighted by molar-refractivity contribution is 7.86. The molecule has 0 saturated carbocycles. The number of carbonyl (C=O) groups excluding carboxylic acids is 2. The van der Waals surface area contributed by atoms with E-state index in [1.54, 1.807) is 12.1 Å². The molecule has 2 aromatic rings. The molecule has 0 aromatic heterocycles. The van der Waals surface area contributed by atoms with Gasteiger partial charge in [-0.05, 0) is 38.1 Å². The van der Waals surface area contributed by atoms with Crippen LogP contribution in [0, 0.1) is 6.92 Å². The Morgan fingerprint density at radius 3 is 2.28 bits per heavy atom. The molecule has 1 atom stereocenters. The summed E-state index contributed by atoms with van der Waals surface area (Å²) in [6.45, 7) is 3.48. The lowest BCUT2D eigenvalue weighted by Gasteiger charge is -2.19. The summed E-state index contributed by atoms with van der Waals surface area (Å²) in [7, 11) is -4.06. The van der Waals surface area contributed by atoms with E-state index in [1.165, 1.54) is 37.3 Å². The van der Waals surface area contributed by atoms with Crippen molar-refractivity contribution in [3.8, 4) is 11.5 Å². The number of aromatic hydroxyl groups is 1. The molecular weight excluding hydrogens is 400 g/mol. The Bertz CT molecular complexity index is 980. The molecule has 9 heteroatoms. The second-order valence-corrected chi connectivity index (χ2v) is 7.92. The summed E-state index contributed by atoms with van der Waals surface area (Å²) in [6.07, 6.45) is -1.06. The van der Waals surface area contributed by atoms with Gasteiger partial charge in [-0.15, -0.1) is 0 Å². The van der Waals surface area contributed by atoms with Crippen LogP contribution in [0.25, 0.3) is 0 Å². The molecule has 2 rings (SSSR count). The first-order valence-corrected chi connectivity index (χ1v) is 10.1. The van der Waals surface area contributed by atoms with E-state index in [0.717, 1.165) is 12.5 Å². The number of Topliss-reactive ketones (excluding diaryl/α,β-unsaturated/α-hetero) is 1. The minimum absolute atomic E-state index is 0.0257. The highest BCUT2D eigenvalue weighted by Gasteiger charge is 2.22. The topological polar surface area (TPSA) is 116 Å². The molecule has 156 valence electrons. The maximum atomic E-state index is 12.3. The molecule has 8 nitrogen and oxygen atoms in total. The highest BCUT2D eigenvalue weighted by atomic mass is 32.2. The lowest BCUT2D eigenvalue weighted by atomic mass is 10.1. The van der Waals surface area contributed by atoms with Gasteiger partial charge in [-0.1, -0.05) is 23.8 Å². The smallest absolute Gasteiger partial charge is 0.303 e. The molecule has 0 fully saturated rings. The van der Waals surface area contributed by atoms with Crippen LogP contribution in [-0.2, 0) is 23.8 Å². The Morgan fingerprint density at radius 2 is 1.69 bits per heavy atom. The number of esters is 1. The van der Waals surface area contributed by atoms with Crippen molar-refractivity contribution in [3.63, 3.8) is 0 Å². The monoisotopic (exact) mass is 422 g/mol. The third-order valence-corrected chi connectivity index (χ3v) is 5.13. The molecule has 0 heterocycles. The van der Waals surface area contributed by atoms with Gasteiger partial charge in [0.1, 0.15) is 30.3 Å². The number of ether oxygens (including phenoxy) is 2. The molecule has 1 unspecified atom stereocenters. The Kier molecular flexibility index (Phi) is 7.35. The van der Waals surface area contributed by atoms with E-state index in [1.807, 2.05) is 6.92 Å². The minimum atomic E-state index is -4.06. The molecule has 0 aliphatic heterocycles. The lowest BCUT2D eigenvalue weighted by Crippen LogP contribution is -2.30. The van der Waals surface area contributed by atoms with E-state index in [2.05, 4.69) is 0 Å². The number of hydrogen-bond donors (Lipinski definition) is 1. The van der Waals surface area contributed by atoms with E-state index in [0.29, 0.717) is 0 Å². The number of hydrogen-bond acceptors (Lipinski definition) is 8. The standard InChI is InChI=1S/C20H22O8S/c1-13-7-9-17(10-8-13)29(24,25)27-12-16(28-15(3)22)11-26-19-6-4-5-18(23)20(19)14(2)21/h4-10,16,23H,11-12H2,1-3H3. The summed E-state index contributed by atoms with van der Waals surface area (Å²) >= 11 is 0. The van der Waals surface area contributed by atoms with Crippen molar-refractivity contribution in [2.45, 2.75) is 31.8 Å². The van der Waals surface area contributed by atoms with E-state index < -0.39 is 34.6 Å². The van der Waals surface area contributed by atoms with Crippen LogP contribution in [0.2, 0.25) is 0 Å². The Hall–Kier alpha value is -2.91. The summed E-state index contributed by atoms with van der Waals surface area (Å²) in [6, 6.07) is 10.4. The average molecular weight is 422 g/mol. The Labute approximate surface area is 169 Å². The quantitative estimate of drug-likeness (QED) is 0.372. The molecule has 0 spiro atoms. The lowest BCUT2D eigenvalue weighted by molar-refractivity contribution is -0.149. The fourth-order valence-electron chi connectivity index (χ4n) is 2.47. The third kappa shape index (κ3) is 6.30. The summed E-state index contributed by atoms with van der Waals surface area (Å²) in [4.78, 5) is 23.0. The van der Waals surface area contributed by atoms with Gasteiger partial charge in [0.2, 0.25) is 0 Å². The van der Waals surface area contributed by atoms with Gasteiger partial charge < -0.3 is 14.6 Å². The number of aryl methyl sites for hydroxylation is 1. The van der Waals surface area contributed by atoms with Crippen LogP contribution in [0.3, 0.4) is 0 Å². The molecule has 0 amide bonds. The van der Waals surface area contributed by atoms with Crippen molar-refractivity contribution in [1.82, 2.24) is 0 Å². The van der Waals surface area contributed by atoms with Crippen molar-refractivity contribution in [3.05, 3.63) is 53.6 Å². The summed E-state index contributed by atoms with van der Waals surface area (Å²) in [5, 5.41) is 9.84. The molecule has 29 heavy (non-hydrogen) atoms. The maximum Gasteiger partial charge on any atom is 0.303 e. The number of carbonyl (C=O) groups is 2. The van der Waals surface area contributed by atoms with Crippen molar-refractivity contribution < 1.29 is 36.8 Å². The summed E-state index contributed by atoms with van der Waals surface area (Å²) in [5.41, 5.74) is 0.866. The molecule has 0 bridgehead atoms. The number of ketones is 1. The summed E-state index contributed by atoms with van der Waals surface area (Å²) < 4.78 is 40.2. The van der Waals surface area contributed by atoms with Gasteiger partial charge in [-0.3, -0.25) is 13.8 Å². The van der Waals surface area contributed by atoms with Crippen molar-refractivity contribution in [1.29, 1.82) is 0 Å². The maximum absolute atomic E-state index is 12.3. The van der Waals surface area contributed by atoms with E-state index in [9.17, 15) is 23.1 Å². The van der Waals surface area contributed by atoms with Crippen molar-refractivity contribution in [2.24, 2.45) is 0 Å². The van der Waals surface area contributed by atoms with Gasteiger partial charge in [-0.2, -0.15) is 8.42 Å². The number of phenolic OH excluding ortho intramolecular Hbond substituents is 1. The van der Waals surface area contributed by atoms with Gasteiger partial charge in [0, 0.05) is 6.92 Å². The van der Waals surface area contributed by atoms with Gasteiger partial charge in [-0.25, -0.2) is 0 Å². The van der Waals surface area contributed by atoms with Crippen LogP contribution in [-0.4, -0.2) is 44.6 Å². The number of benzene rings is 2. The van der Waals surface area contributed by atoms with E-state index in [4.69, 9.17) is 13.7 Å². The Morgan fingerprint density at radius 1 is 1.03 bits per heavy atom. The van der Waals surface area contributed by atoms with Crippen LogP contribution >= 0.6 is 0 Å². The van der Waals surface area contributed by atoms with Gasteiger partial charge >= 0.3 is 5.97 Å². The number of phenols is 1. The Balaban J connectivity index is 2.10. The zero-order chi connectivity index (χ0) is 21.6. The third-order valence-electron chi connectivity index (χ3n) is 3.83. The van der Waals surface area contributed by atoms with Crippen molar-refractivity contribution in [2.75, 3.05) is 13.2 Å². The first-order valence-electron chi connectivity index (χ1n) is 8.69. The molecular formula is C20H22O8S. The largest absolute Gasteiger partial charge is 0.507 e. The molecule has 0 aliphatic carbocycles. The van der Waals surface area contributed by atoms with Crippen molar-refractivity contribution >= 4 is 21.9 Å². The fourth-order valence-corrected chi connectivity index (χ4v) is 3.40. The normalized spacial score (nSPS) is 12.2.